The summed E-state index contributed by atoms with van der Waals surface area (Å²) in [5.41, 5.74) is 3.37. The molecule has 0 aliphatic heterocycles. The van der Waals surface area contributed by atoms with Crippen molar-refractivity contribution in [1.29, 1.82) is 0 Å². The monoisotopic (exact) mass is 366 g/mol. The fourth-order valence-corrected chi connectivity index (χ4v) is 4.21. The molecule has 0 aliphatic carbocycles. The van der Waals surface area contributed by atoms with E-state index < -0.39 is 10.0 Å². The first kappa shape index (κ1) is 18.0. The van der Waals surface area contributed by atoms with E-state index >= 15 is 0 Å². The van der Waals surface area contributed by atoms with Crippen LogP contribution in [0.4, 0.5) is 17.1 Å². The summed E-state index contributed by atoms with van der Waals surface area (Å²) in [6.07, 6.45) is 0. The summed E-state index contributed by atoms with van der Waals surface area (Å²) in [7, 11) is -3.60. The van der Waals surface area contributed by atoms with Gasteiger partial charge >= 0.3 is 0 Å². The van der Waals surface area contributed by atoms with E-state index in [1.807, 2.05) is 36.4 Å². The fourth-order valence-electron chi connectivity index (χ4n) is 2.90. The van der Waals surface area contributed by atoms with Gasteiger partial charge < -0.3 is 4.90 Å². The van der Waals surface area contributed by atoms with Gasteiger partial charge in [-0.25, -0.2) is 8.42 Å². The average molecular weight is 366 g/mol. The number of nitrogens with zero attached hydrogens (tertiary/aromatic N) is 1. The maximum atomic E-state index is 12.6. The second-order valence-corrected chi connectivity index (χ2v) is 7.65. The minimum Gasteiger partial charge on any atom is -0.342 e. The van der Waals surface area contributed by atoms with Crippen LogP contribution in [-0.4, -0.2) is 15.0 Å². The Hall–Kier alpha value is -2.79. The van der Waals surface area contributed by atoms with Gasteiger partial charge in [-0.05, 0) is 61.9 Å². The summed E-state index contributed by atoms with van der Waals surface area (Å²) in [5, 5.41) is 0. The predicted molar refractivity (Wildman–Crippen MR) is 108 cm³/mol. The molecule has 0 atom stereocenters. The van der Waals surface area contributed by atoms with Crippen LogP contribution in [0.25, 0.3) is 0 Å². The van der Waals surface area contributed by atoms with E-state index in [0.29, 0.717) is 10.6 Å². The number of nitrogens with one attached hydrogen (secondary N) is 1. The second kappa shape index (κ2) is 7.62. The van der Waals surface area contributed by atoms with Crippen LogP contribution in [-0.2, 0) is 10.0 Å². The molecule has 0 unspecified atom stereocenters. The summed E-state index contributed by atoms with van der Waals surface area (Å²) in [6, 6.07) is 24.5. The minimum absolute atomic E-state index is 0.295. The van der Waals surface area contributed by atoms with Crippen LogP contribution in [0.5, 0.6) is 0 Å². The fraction of sp³-hybridized carbons (Fsp3) is 0.143. The van der Waals surface area contributed by atoms with E-state index in [1.165, 1.54) is 0 Å². The number of aryl methyl sites for hydroxylation is 1. The molecule has 1 N–H and O–H groups in total. The van der Waals surface area contributed by atoms with Gasteiger partial charge in [0, 0.05) is 23.6 Å². The van der Waals surface area contributed by atoms with Crippen molar-refractivity contribution in [3.63, 3.8) is 0 Å². The highest BCUT2D eigenvalue weighted by atomic mass is 32.2. The van der Waals surface area contributed by atoms with Crippen molar-refractivity contribution in [3.05, 3.63) is 84.4 Å². The highest BCUT2D eigenvalue weighted by Crippen LogP contribution is 2.27. The van der Waals surface area contributed by atoms with Gasteiger partial charge in [0.15, 0.2) is 0 Å². The number of hydrogen-bond acceptors (Lipinski definition) is 3. The molecule has 4 nitrogen and oxygen atoms in total. The molecular formula is C21H22N2O2S. The summed E-state index contributed by atoms with van der Waals surface area (Å²) < 4.78 is 27.8. The van der Waals surface area contributed by atoms with E-state index in [4.69, 9.17) is 0 Å². The lowest BCUT2D eigenvalue weighted by molar-refractivity contribution is 0.600. The zero-order chi connectivity index (χ0) is 18.6. The first-order valence-corrected chi connectivity index (χ1v) is 10.0. The molecule has 0 radical (unpaired) electrons. The molecule has 134 valence electrons. The van der Waals surface area contributed by atoms with Crippen LogP contribution in [0.1, 0.15) is 12.5 Å². The van der Waals surface area contributed by atoms with Gasteiger partial charge in [-0.2, -0.15) is 0 Å². The lowest BCUT2D eigenvalue weighted by atomic mass is 10.2. The van der Waals surface area contributed by atoms with Crippen LogP contribution in [0.15, 0.2) is 83.8 Å². The molecule has 3 aromatic rings. The predicted octanol–water partition coefficient (Wildman–Crippen LogP) is 4.95. The molecule has 3 aromatic carbocycles. The van der Waals surface area contributed by atoms with Crippen molar-refractivity contribution in [2.24, 2.45) is 0 Å². The zero-order valence-corrected chi connectivity index (χ0v) is 15.7. The summed E-state index contributed by atoms with van der Waals surface area (Å²) in [4.78, 5) is 2.46. The highest BCUT2D eigenvalue weighted by molar-refractivity contribution is 7.92. The van der Waals surface area contributed by atoms with Crippen LogP contribution < -0.4 is 9.62 Å². The Morgan fingerprint density at radius 3 is 2.00 bits per heavy atom. The molecule has 5 heteroatoms. The highest BCUT2D eigenvalue weighted by Gasteiger charge is 2.16. The zero-order valence-electron chi connectivity index (χ0n) is 14.9. The Morgan fingerprint density at radius 2 is 1.38 bits per heavy atom. The van der Waals surface area contributed by atoms with Crippen LogP contribution in [0.2, 0.25) is 0 Å². The van der Waals surface area contributed by atoms with Crippen LogP contribution in [0, 0.1) is 6.92 Å². The Balaban J connectivity index is 1.83. The lowest BCUT2D eigenvalue weighted by Crippen LogP contribution is -2.16. The topological polar surface area (TPSA) is 49.4 Å². The molecule has 0 heterocycles. The summed E-state index contributed by atoms with van der Waals surface area (Å²) in [5.74, 6) is 0. The molecular weight excluding hydrogens is 344 g/mol. The molecule has 3 rings (SSSR count). The third-order valence-corrected chi connectivity index (χ3v) is 5.74. The first-order valence-electron chi connectivity index (χ1n) is 8.52. The van der Waals surface area contributed by atoms with Gasteiger partial charge in [0.25, 0.3) is 10.0 Å². The molecule has 0 aliphatic rings. The van der Waals surface area contributed by atoms with E-state index in [9.17, 15) is 8.42 Å². The number of rotatable bonds is 6. The smallest absolute Gasteiger partial charge is 0.262 e. The molecule has 0 bridgehead atoms. The quantitative estimate of drug-likeness (QED) is 0.671. The van der Waals surface area contributed by atoms with E-state index in [2.05, 4.69) is 28.7 Å². The maximum Gasteiger partial charge on any atom is 0.262 e. The van der Waals surface area contributed by atoms with E-state index in [0.717, 1.165) is 23.5 Å². The third kappa shape index (κ3) is 3.89. The molecule has 26 heavy (non-hydrogen) atoms. The van der Waals surface area contributed by atoms with Gasteiger partial charge in [-0.15, -0.1) is 0 Å². The van der Waals surface area contributed by atoms with Crippen molar-refractivity contribution in [1.82, 2.24) is 0 Å². The lowest BCUT2D eigenvalue weighted by Gasteiger charge is -2.23. The van der Waals surface area contributed by atoms with Crippen molar-refractivity contribution in [3.8, 4) is 0 Å². The summed E-state index contributed by atoms with van der Waals surface area (Å²) >= 11 is 0. The SMILES string of the molecule is CCN(c1ccccc1)c1ccc(NS(=O)(=O)c2ccccc2C)cc1. The van der Waals surface area contributed by atoms with Crippen molar-refractivity contribution in [2.75, 3.05) is 16.2 Å². The van der Waals surface area contributed by atoms with Gasteiger partial charge in [0.05, 0.1) is 4.90 Å². The Bertz CT molecular complexity index is 968. The van der Waals surface area contributed by atoms with Gasteiger partial charge in [0.1, 0.15) is 0 Å². The van der Waals surface area contributed by atoms with Gasteiger partial charge in [-0.1, -0.05) is 36.4 Å². The normalized spacial score (nSPS) is 11.2. The molecule has 0 aromatic heterocycles. The van der Waals surface area contributed by atoms with Crippen LogP contribution in [0.3, 0.4) is 0 Å². The van der Waals surface area contributed by atoms with Crippen LogP contribution >= 0.6 is 0 Å². The van der Waals surface area contributed by atoms with Gasteiger partial charge in [0.2, 0.25) is 0 Å². The Labute approximate surface area is 155 Å². The van der Waals surface area contributed by atoms with Crippen molar-refractivity contribution < 1.29 is 8.42 Å². The molecule has 0 fully saturated rings. The molecule has 0 amide bonds. The second-order valence-electron chi connectivity index (χ2n) is 6.00. The summed E-state index contributed by atoms with van der Waals surface area (Å²) in [6.45, 7) is 4.69. The number of sulfonamides is 1. The molecule has 0 saturated carbocycles. The van der Waals surface area contributed by atoms with E-state index in [-0.39, 0.29) is 0 Å². The minimum atomic E-state index is -3.60. The number of benzene rings is 3. The van der Waals surface area contributed by atoms with Crippen molar-refractivity contribution in [2.45, 2.75) is 18.7 Å². The maximum absolute atomic E-state index is 12.6. The third-order valence-electron chi connectivity index (χ3n) is 4.20. The standard InChI is InChI=1S/C21H22N2O2S/c1-3-23(19-10-5-4-6-11-19)20-15-13-18(14-16-20)22-26(24,25)21-12-8-7-9-17(21)2/h4-16,22H,3H2,1-2H3. The van der Waals surface area contributed by atoms with Gasteiger partial charge in [-0.3, -0.25) is 4.72 Å². The number of para-hydroxylation sites is 1. The molecule has 0 saturated heterocycles. The number of hydrogen-bond donors (Lipinski definition) is 1. The average Bonchev–Trinajstić information content (AvgIpc) is 2.64. The molecule has 0 spiro atoms. The van der Waals surface area contributed by atoms with Crippen molar-refractivity contribution >= 4 is 27.1 Å². The first-order chi connectivity index (χ1) is 12.5. The van der Waals surface area contributed by atoms with E-state index in [1.54, 1.807) is 37.3 Å². The Morgan fingerprint density at radius 1 is 0.808 bits per heavy atom. The Kier molecular flexibility index (Phi) is 5.28. The largest absolute Gasteiger partial charge is 0.342 e. The number of anilines is 3.